The SMILES string of the molecule is CCN(CC)C(=O)C[C@H]1C(=O)Nc2cc(NC(=O)c3cc(OC)c(OC)c(OC)c3Br)c(Oc3cc(C)cc(C)c3)cc2C(=O)N1C. The third-order valence-corrected chi connectivity index (χ3v) is 8.66. The van der Waals surface area contributed by atoms with Gasteiger partial charge >= 0.3 is 0 Å². The van der Waals surface area contributed by atoms with Crippen molar-refractivity contribution in [2.45, 2.75) is 40.2 Å². The fourth-order valence-corrected chi connectivity index (χ4v) is 6.10. The number of amides is 4. The summed E-state index contributed by atoms with van der Waals surface area (Å²) in [6.45, 7) is 8.51. The van der Waals surface area contributed by atoms with E-state index < -0.39 is 23.8 Å². The van der Waals surface area contributed by atoms with Crippen LogP contribution in [0, 0.1) is 13.8 Å². The number of fused-ring (bicyclic) bond motifs is 1. The average molecular weight is 712 g/mol. The van der Waals surface area contributed by atoms with Crippen molar-refractivity contribution in [3.05, 3.63) is 63.1 Å². The van der Waals surface area contributed by atoms with Crippen LogP contribution in [-0.2, 0) is 9.59 Å². The Morgan fingerprint density at radius 1 is 0.915 bits per heavy atom. The molecule has 0 aromatic heterocycles. The van der Waals surface area contributed by atoms with Gasteiger partial charge in [0.1, 0.15) is 11.8 Å². The number of nitrogens with one attached hydrogen (secondary N) is 2. The van der Waals surface area contributed by atoms with Gasteiger partial charge in [-0.15, -0.1) is 0 Å². The highest BCUT2D eigenvalue weighted by molar-refractivity contribution is 9.10. The number of halogens is 1. The second kappa shape index (κ2) is 14.8. The van der Waals surface area contributed by atoms with Crippen molar-refractivity contribution in [2.24, 2.45) is 0 Å². The summed E-state index contributed by atoms with van der Waals surface area (Å²) in [4.78, 5) is 57.0. The monoisotopic (exact) mass is 710 g/mol. The van der Waals surface area contributed by atoms with Crippen molar-refractivity contribution in [3.63, 3.8) is 0 Å². The van der Waals surface area contributed by atoms with E-state index in [0.717, 1.165) is 11.1 Å². The first-order valence-corrected chi connectivity index (χ1v) is 15.8. The number of methoxy groups -OCH3 is 3. The molecule has 0 radical (unpaired) electrons. The fourth-order valence-electron chi connectivity index (χ4n) is 5.46. The molecule has 250 valence electrons. The molecule has 3 aromatic carbocycles. The Bertz CT molecular complexity index is 1700. The molecule has 0 saturated heterocycles. The van der Waals surface area contributed by atoms with E-state index in [2.05, 4.69) is 26.6 Å². The maximum Gasteiger partial charge on any atom is 0.257 e. The van der Waals surface area contributed by atoms with Gasteiger partial charge in [0, 0.05) is 20.1 Å². The van der Waals surface area contributed by atoms with E-state index in [1.165, 1.54) is 51.5 Å². The quantitative estimate of drug-likeness (QED) is 0.255. The number of nitrogens with zero attached hydrogens (tertiary/aromatic N) is 2. The van der Waals surface area contributed by atoms with Crippen molar-refractivity contribution in [2.75, 3.05) is 52.1 Å². The summed E-state index contributed by atoms with van der Waals surface area (Å²) in [5, 5.41) is 5.65. The lowest BCUT2D eigenvalue weighted by molar-refractivity contribution is -0.134. The van der Waals surface area contributed by atoms with Gasteiger partial charge in [-0.2, -0.15) is 0 Å². The molecule has 47 heavy (non-hydrogen) atoms. The van der Waals surface area contributed by atoms with Gasteiger partial charge in [-0.3, -0.25) is 19.2 Å². The molecule has 0 unspecified atom stereocenters. The van der Waals surface area contributed by atoms with Crippen LogP contribution in [0.2, 0.25) is 0 Å². The highest BCUT2D eigenvalue weighted by Gasteiger charge is 2.36. The van der Waals surface area contributed by atoms with Gasteiger partial charge in [0.15, 0.2) is 17.2 Å². The Morgan fingerprint density at radius 3 is 2.13 bits per heavy atom. The molecule has 1 heterocycles. The molecule has 2 N–H and O–H groups in total. The molecule has 1 aliphatic heterocycles. The Hall–Kier alpha value is -4.78. The molecule has 12 nitrogen and oxygen atoms in total. The van der Waals surface area contributed by atoms with Crippen LogP contribution in [0.3, 0.4) is 0 Å². The molecule has 0 saturated carbocycles. The third-order valence-electron chi connectivity index (χ3n) is 7.87. The predicted molar refractivity (Wildman–Crippen MR) is 181 cm³/mol. The zero-order chi connectivity index (χ0) is 34.6. The highest BCUT2D eigenvalue weighted by Crippen LogP contribution is 2.45. The van der Waals surface area contributed by atoms with Crippen molar-refractivity contribution in [3.8, 4) is 28.7 Å². The second-order valence-electron chi connectivity index (χ2n) is 11.0. The molecule has 3 aromatic rings. The molecule has 1 atom stereocenters. The van der Waals surface area contributed by atoms with E-state index in [-0.39, 0.29) is 52.1 Å². The summed E-state index contributed by atoms with van der Waals surface area (Å²) < 4.78 is 23.0. The summed E-state index contributed by atoms with van der Waals surface area (Å²) in [5.41, 5.74) is 2.50. The summed E-state index contributed by atoms with van der Waals surface area (Å²) in [5.74, 6) is -0.418. The van der Waals surface area contributed by atoms with Crippen LogP contribution in [0.15, 0.2) is 40.9 Å². The van der Waals surface area contributed by atoms with Crippen LogP contribution in [-0.4, -0.2) is 80.9 Å². The number of aryl methyl sites for hydroxylation is 2. The van der Waals surface area contributed by atoms with E-state index in [9.17, 15) is 19.2 Å². The number of anilines is 2. The minimum Gasteiger partial charge on any atom is -0.493 e. The van der Waals surface area contributed by atoms with Gasteiger partial charge in [0.25, 0.3) is 11.8 Å². The average Bonchev–Trinajstić information content (AvgIpc) is 3.10. The molecule has 1 aliphatic rings. The van der Waals surface area contributed by atoms with Gasteiger partial charge in [-0.1, -0.05) is 6.07 Å². The van der Waals surface area contributed by atoms with E-state index in [1.807, 2.05) is 45.9 Å². The predicted octanol–water partition coefficient (Wildman–Crippen LogP) is 5.79. The lowest BCUT2D eigenvalue weighted by Crippen LogP contribution is -2.46. The Labute approximate surface area is 282 Å². The largest absolute Gasteiger partial charge is 0.493 e. The maximum absolute atomic E-state index is 13.8. The Kier molecular flexibility index (Phi) is 11.0. The lowest BCUT2D eigenvalue weighted by Gasteiger charge is -2.27. The summed E-state index contributed by atoms with van der Waals surface area (Å²) in [6, 6.07) is 9.01. The first kappa shape index (κ1) is 35.1. The minimum absolute atomic E-state index is 0.130. The number of ether oxygens (including phenoxy) is 4. The van der Waals surface area contributed by atoms with Gasteiger partial charge in [0.05, 0.1) is 54.7 Å². The minimum atomic E-state index is -1.06. The summed E-state index contributed by atoms with van der Waals surface area (Å²) in [6.07, 6.45) is -0.186. The van der Waals surface area contributed by atoms with Crippen molar-refractivity contribution in [1.29, 1.82) is 0 Å². The normalized spacial score (nSPS) is 14.1. The van der Waals surface area contributed by atoms with Crippen LogP contribution < -0.4 is 29.6 Å². The maximum atomic E-state index is 13.8. The molecule has 0 bridgehead atoms. The van der Waals surface area contributed by atoms with Gasteiger partial charge in [-0.05, 0) is 85.1 Å². The number of carbonyl (C=O) groups is 4. The molecule has 0 fully saturated rings. The molecule has 13 heteroatoms. The van der Waals surface area contributed by atoms with Crippen molar-refractivity contribution >= 4 is 50.9 Å². The number of rotatable bonds is 11. The van der Waals surface area contributed by atoms with Crippen LogP contribution in [0.1, 0.15) is 52.1 Å². The second-order valence-corrected chi connectivity index (χ2v) is 11.8. The zero-order valence-corrected chi connectivity index (χ0v) is 29.3. The molecular formula is C34H39BrN4O8. The Morgan fingerprint density at radius 2 is 1.55 bits per heavy atom. The lowest BCUT2D eigenvalue weighted by atomic mass is 10.1. The van der Waals surface area contributed by atoms with Crippen molar-refractivity contribution < 1.29 is 38.1 Å². The summed E-state index contributed by atoms with van der Waals surface area (Å²) in [7, 11) is 5.81. The number of carbonyl (C=O) groups excluding carboxylic acids is 4. The molecular weight excluding hydrogens is 672 g/mol. The fraction of sp³-hybridized carbons (Fsp3) is 0.353. The number of hydrogen-bond donors (Lipinski definition) is 2. The highest BCUT2D eigenvalue weighted by atomic mass is 79.9. The number of hydrogen-bond acceptors (Lipinski definition) is 8. The molecule has 4 amide bonds. The number of benzene rings is 3. The zero-order valence-electron chi connectivity index (χ0n) is 27.7. The molecule has 0 spiro atoms. The first-order valence-electron chi connectivity index (χ1n) is 15.0. The molecule has 0 aliphatic carbocycles. The number of likely N-dealkylation sites (N-methyl/N-ethyl adjacent to an activating group) is 1. The summed E-state index contributed by atoms with van der Waals surface area (Å²) >= 11 is 3.45. The van der Waals surface area contributed by atoms with Crippen LogP contribution in [0.5, 0.6) is 28.7 Å². The smallest absolute Gasteiger partial charge is 0.257 e. The van der Waals surface area contributed by atoms with Crippen LogP contribution in [0.25, 0.3) is 0 Å². The van der Waals surface area contributed by atoms with Crippen molar-refractivity contribution in [1.82, 2.24) is 9.80 Å². The first-order chi connectivity index (χ1) is 22.4. The van der Waals surface area contributed by atoms with Crippen LogP contribution >= 0.6 is 15.9 Å². The van der Waals surface area contributed by atoms with E-state index in [0.29, 0.717) is 29.1 Å². The molecule has 4 rings (SSSR count). The van der Waals surface area contributed by atoms with E-state index in [1.54, 1.807) is 4.90 Å². The van der Waals surface area contributed by atoms with Crippen LogP contribution in [0.4, 0.5) is 11.4 Å². The van der Waals surface area contributed by atoms with E-state index in [4.69, 9.17) is 18.9 Å². The van der Waals surface area contributed by atoms with Gasteiger partial charge < -0.3 is 39.4 Å². The van der Waals surface area contributed by atoms with E-state index >= 15 is 0 Å². The van der Waals surface area contributed by atoms with Gasteiger partial charge in [-0.25, -0.2) is 0 Å². The Balaban J connectivity index is 1.81. The standard InChI is InChI=1S/C34H39BrN4O8/c1-9-39(10-2)28(40)17-25-33(42)36-23-16-24(37-32(41)22-15-27(44-6)30(45-7)31(46-8)29(22)35)26(14-21(23)34(43)38(25)5)47-20-12-18(3)11-19(4)13-20/h11-16,25H,9-10,17H2,1-8H3,(H,36,42)(H,37,41)/t25-/m0/s1. The third kappa shape index (κ3) is 7.30. The topological polar surface area (TPSA) is 136 Å². The van der Waals surface area contributed by atoms with Gasteiger partial charge in [0.2, 0.25) is 17.6 Å².